The van der Waals surface area contributed by atoms with Crippen molar-refractivity contribution in [3.8, 4) is 0 Å². The minimum absolute atomic E-state index is 0.0984. The Bertz CT molecular complexity index is 175. The van der Waals surface area contributed by atoms with Gasteiger partial charge in [-0.3, -0.25) is 4.79 Å². The molecule has 0 radical (unpaired) electrons. The normalized spacial score (nSPS) is 36.1. The maximum absolute atomic E-state index is 11.1. The first-order valence-electron chi connectivity index (χ1n) is 4.35. The highest BCUT2D eigenvalue weighted by Crippen LogP contribution is 2.32. The van der Waals surface area contributed by atoms with E-state index in [1.54, 1.807) is 6.92 Å². The van der Waals surface area contributed by atoms with Gasteiger partial charge in [-0.1, -0.05) is 0 Å². The van der Waals surface area contributed by atoms with Crippen LogP contribution in [0.15, 0.2) is 0 Å². The molecule has 0 amide bonds. The van der Waals surface area contributed by atoms with Gasteiger partial charge in [-0.2, -0.15) is 0 Å². The second-order valence-electron chi connectivity index (χ2n) is 3.81. The molecule has 0 saturated heterocycles. The zero-order valence-electron chi connectivity index (χ0n) is 7.67. The fourth-order valence-electron chi connectivity index (χ4n) is 1.83. The van der Waals surface area contributed by atoms with E-state index in [0.717, 1.165) is 19.3 Å². The SMILES string of the molecule is COC(=O)C1CCCC(C)(O)C1. The van der Waals surface area contributed by atoms with Crippen LogP contribution in [0.4, 0.5) is 0 Å². The Morgan fingerprint density at radius 1 is 1.67 bits per heavy atom. The number of rotatable bonds is 1. The third kappa shape index (κ3) is 2.21. The van der Waals surface area contributed by atoms with Crippen molar-refractivity contribution in [2.75, 3.05) is 7.11 Å². The van der Waals surface area contributed by atoms with Gasteiger partial charge in [0.2, 0.25) is 0 Å². The molecule has 0 aromatic rings. The molecule has 1 aliphatic carbocycles. The molecule has 3 heteroatoms. The molecule has 3 nitrogen and oxygen atoms in total. The Morgan fingerprint density at radius 2 is 2.33 bits per heavy atom. The van der Waals surface area contributed by atoms with E-state index in [1.165, 1.54) is 7.11 Å². The van der Waals surface area contributed by atoms with Crippen LogP contribution in [0.1, 0.15) is 32.6 Å². The molecule has 1 saturated carbocycles. The molecule has 2 unspecified atom stereocenters. The van der Waals surface area contributed by atoms with Gasteiger partial charge in [-0.25, -0.2) is 0 Å². The molecule has 0 aliphatic heterocycles. The van der Waals surface area contributed by atoms with E-state index in [1.807, 2.05) is 0 Å². The fraction of sp³-hybridized carbons (Fsp3) is 0.889. The maximum Gasteiger partial charge on any atom is 0.308 e. The largest absolute Gasteiger partial charge is 0.469 e. The minimum atomic E-state index is -0.670. The predicted molar refractivity (Wildman–Crippen MR) is 44.6 cm³/mol. The van der Waals surface area contributed by atoms with E-state index in [4.69, 9.17) is 0 Å². The number of carbonyl (C=O) groups is 1. The van der Waals surface area contributed by atoms with Crippen molar-refractivity contribution in [1.29, 1.82) is 0 Å². The summed E-state index contributed by atoms with van der Waals surface area (Å²) in [6.07, 6.45) is 3.09. The van der Waals surface area contributed by atoms with Crippen LogP contribution in [0.25, 0.3) is 0 Å². The molecule has 0 spiro atoms. The lowest BCUT2D eigenvalue weighted by Crippen LogP contribution is -2.35. The molecular weight excluding hydrogens is 156 g/mol. The molecule has 1 fully saturated rings. The van der Waals surface area contributed by atoms with Crippen molar-refractivity contribution in [2.24, 2.45) is 5.92 Å². The Kier molecular flexibility index (Phi) is 2.73. The fourth-order valence-corrected chi connectivity index (χ4v) is 1.83. The zero-order chi connectivity index (χ0) is 9.19. The number of carbonyl (C=O) groups excluding carboxylic acids is 1. The number of methoxy groups -OCH3 is 1. The summed E-state index contributed by atoms with van der Waals surface area (Å²) in [7, 11) is 1.39. The van der Waals surface area contributed by atoms with E-state index < -0.39 is 5.60 Å². The Hall–Kier alpha value is -0.570. The summed E-state index contributed by atoms with van der Waals surface area (Å²) in [4.78, 5) is 11.1. The van der Waals surface area contributed by atoms with Crippen LogP contribution in [-0.2, 0) is 9.53 Å². The molecule has 1 rings (SSSR count). The topological polar surface area (TPSA) is 46.5 Å². The molecule has 0 aromatic carbocycles. The average Bonchev–Trinajstić information content (AvgIpc) is 2.01. The number of hydrogen-bond donors (Lipinski definition) is 1. The number of esters is 1. The second-order valence-corrected chi connectivity index (χ2v) is 3.81. The molecule has 2 atom stereocenters. The lowest BCUT2D eigenvalue weighted by Gasteiger charge is -2.32. The van der Waals surface area contributed by atoms with Gasteiger partial charge >= 0.3 is 5.97 Å². The number of ether oxygens (including phenoxy) is 1. The number of aliphatic hydroxyl groups is 1. The summed E-state index contributed by atoms with van der Waals surface area (Å²) < 4.78 is 4.63. The van der Waals surface area contributed by atoms with E-state index >= 15 is 0 Å². The third-order valence-corrected chi connectivity index (χ3v) is 2.49. The van der Waals surface area contributed by atoms with Gasteiger partial charge in [0.25, 0.3) is 0 Å². The molecule has 70 valence electrons. The summed E-state index contributed by atoms with van der Waals surface area (Å²) in [6, 6.07) is 0. The first-order chi connectivity index (χ1) is 5.55. The Labute approximate surface area is 72.7 Å². The van der Waals surface area contributed by atoms with Gasteiger partial charge in [0.15, 0.2) is 0 Å². The van der Waals surface area contributed by atoms with E-state index in [2.05, 4.69) is 4.74 Å². The molecule has 0 bridgehead atoms. The van der Waals surface area contributed by atoms with E-state index in [9.17, 15) is 9.90 Å². The number of hydrogen-bond acceptors (Lipinski definition) is 3. The van der Waals surface area contributed by atoms with Gasteiger partial charge in [0.05, 0.1) is 18.6 Å². The van der Waals surface area contributed by atoms with Crippen LogP contribution in [0.3, 0.4) is 0 Å². The van der Waals surface area contributed by atoms with Gasteiger partial charge in [0, 0.05) is 0 Å². The lowest BCUT2D eigenvalue weighted by molar-refractivity contribution is -0.149. The Morgan fingerprint density at radius 3 is 2.83 bits per heavy atom. The minimum Gasteiger partial charge on any atom is -0.469 e. The van der Waals surface area contributed by atoms with Crippen molar-refractivity contribution in [2.45, 2.75) is 38.2 Å². The van der Waals surface area contributed by atoms with Gasteiger partial charge in [0.1, 0.15) is 0 Å². The summed E-state index contributed by atoms with van der Waals surface area (Å²) in [5.74, 6) is -0.284. The summed E-state index contributed by atoms with van der Waals surface area (Å²) in [5.41, 5.74) is -0.670. The highest BCUT2D eigenvalue weighted by Gasteiger charge is 2.33. The Balaban J connectivity index is 2.52. The maximum atomic E-state index is 11.1. The average molecular weight is 172 g/mol. The van der Waals surface area contributed by atoms with Crippen LogP contribution in [0.2, 0.25) is 0 Å². The summed E-state index contributed by atoms with van der Waals surface area (Å²) in [5, 5.41) is 9.68. The van der Waals surface area contributed by atoms with Crippen molar-refractivity contribution < 1.29 is 14.6 Å². The lowest BCUT2D eigenvalue weighted by atomic mass is 9.79. The van der Waals surface area contributed by atoms with Crippen LogP contribution < -0.4 is 0 Å². The highest BCUT2D eigenvalue weighted by molar-refractivity contribution is 5.72. The standard InChI is InChI=1S/C9H16O3/c1-9(11)5-3-4-7(6-9)8(10)12-2/h7,11H,3-6H2,1-2H3. The zero-order valence-corrected chi connectivity index (χ0v) is 7.67. The molecule has 0 aromatic heterocycles. The first-order valence-corrected chi connectivity index (χ1v) is 4.35. The van der Waals surface area contributed by atoms with Crippen molar-refractivity contribution >= 4 is 5.97 Å². The van der Waals surface area contributed by atoms with Gasteiger partial charge in [-0.15, -0.1) is 0 Å². The molecule has 0 heterocycles. The highest BCUT2D eigenvalue weighted by atomic mass is 16.5. The van der Waals surface area contributed by atoms with Crippen LogP contribution in [0, 0.1) is 5.92 Å². The smallest absolute Gasteiger partial charge is 0.308 e. The molecule has 12 heavy (non-hydrogen) atoms. The van der Waals surface area contributed by atoms with Crippen LogP contribution in [0.5, 0.6) is 0 Å². The summed E-state index contributed by atoms with van der Waals surface area (Å²) in [6.45, 7) is 1.78. The predicted octanol–water partition coefficient (Wildman–Crippen LogP) is 1.10. The van der Waals surface area contributed by atoms with Gasteiger partial charge in [-0.05, 0) is 32.6 Å². The quantitative estimate of drug-likeness (QED) is 0.602. The van der Waals surface area contributed by atoms with Crippen LogP contribution >= 0.6 is 0 Å². The summed E-state index contributed by atoms with van der Waals surface area (Å²) >= 11 is 0. The van der Waals surface area contributed by atoms with Crippen molar-refractivity contribution in [1.82, 2.24) is 0 Å². The van der Waals surface area contributed by atoms with Crippen molar-refractivity contribution in [3.63, 3.8) is 0 Å². The monoisotopic (exact) mass is 172 g/mol. The molecule has 1 N–H and O–H groups in total. The van der Waals surface area contributed by atoms with Crippen molar-refractivity contribution in [3.05, 3.63) is 0 Å². The third-order valence-electron chi connectivity index (χ3n) is 2.49. The molecule has 1 aliphatic rings. The van der Waals surface area contributed by atoms with Gasteiger partial charge < -0.3 is 9.84 Å². The first kappa shape index (κ1) is 9.52. The second kappa shape index (κ2) is 3.44. The van der Waals surface area contributed by atoms with Crippen LogP contribution in [-0.4, -0.2) is 23.8 Å². The van der Waals surface area contributed by atoms with E-state index in [0.29, 0.717) is 6.42 Å². The van der Waals surface area contributed by atoms with E-state index in [-0.39, 0.29) is 11.9 Å². The molecular formula is C9H16O3.